The lowest BCUT2D eigenvalue weighted by Crippen LogP contribution is -2.33. The van der Waals surface area contributed by atoms with Crippen LogP contribution in [0.15, 0.2) is 15.7 Å². The van der Waals surface area contributed by atoms with Crippen LogP contribution >= 0.6 is 11.3 Å². The molecule has 0 amide bonds. The monoisotopic (exact) mass is 289 g/mol. The molecule has 0 radical (unpaired) electrons. The normalized spacial score (nSPS) is 12.6. The molecule has 0 bridgehead atoms. The van der Waals surface area contributed by atoms with Gasteiger partial charge in [0.1, 0.15) is 10.8 Å². The van der Waals surface area contributed by atoms with Gasteiger partial charge in [-0.25, -0.2) is 17.9 Å². The van der Waals surface area contributed by atoms with Crippen LogP contribution in [0.5, 0.6) is 0 Å². The minimum atomic E-state index is -4.67. The first-order chi connectivity index (χ1) is 7.62. The Morgan fingerprint density at radius 3 is 2.47 bits per heavy atom. The van der Waals surface area contributed by atoms with Crippen molar-refractivity contribution < 1.29 is 31.5 Å². The van der Waals surface area contributed by atoms with Gasteiger partial charge >= 0.3 is 12.1 Å². The molecule has 0 fully saturated rings. The van der Waals surface area contributed by atoms with Crippen molar-refractivity contribution >= 4 is 27.3 Å². The van der Waals surface area contributed by atoms with Crippen LogP contribution < -0.4 is 4.72 Å². The first-order valence-electron chi connectivity index (χ1n) is 4.00. The van der Waals surface area contributed by atoms with Gasteiger partial charge in [0.2, 0.25) is 10.0 Å². The second kappa shape index (κ2) is 4.63. The molecular weight excluding hydrogens is 283 g/mol. The zero-order valence-electron chi connectivity index (χ0n) is 7.98. The lowest BCUT2D eigenvalue weighted by atomic mass is 10.4. The summed E-state index contributed by atoms with van der Waals surface area (Å²) in [6.07, 6.45) is -4.67. The molecule has 0 spiro atoms. The first-order valence-corrected chi connectivity index (χ1v) is 6.36. The number of halogens is 3. The fourth-order valence-corrected chi connectivity index (χ4v) is 3.03. The van der Waals surface area contributed by atoms with Crippen LogP contribution in [-0.2, 0) is 10.0 Å². The lowest BCUT2D eigenvalue weighted by Gasteiger charge is -2.07. The van der Waals surface area contributed by atoms with Crippen LogP contribution in [0.2, 0.25) is 0 Å². The highest BCUT2D eigenvalue weighted by atomic mass is 32.2. The van der Waals surface area contributed by atoms with Gasteiger partial charge in [-0.3, -0.25) is 0 Å². The molecule has 96 valence electrons. The molecule has 1 aromatic heterocycles. The van der Waals surface area contributed by atoms with Gasteiger partial charge in [-0.2, -0.15) is 13.2 Å². The molecule has 0 unspecified atom stereocenters. The summed E-state index contributed by atoms with van der Waals surface area (Å²) in [5.74, 6) is -1.35. The Bertz CT molecular complexity index is 519. The number of carbonyl (C=O) groups is 1. The van der Waals surface area contributed by atoms with Crippen LogP contribution in [0, 0.1) is 0 Å². The standard InChI is InChI=1S/C7H6F3NO4S2/c8-7(9,10)3-11-17(14,15)5-1-4(2-16-5)6(12)13/h1-2,11H,3H2,(H,12,13). The van der Waals surface area contributed by atoms with E-state index in [9.17, 15) is 26.4 Å². The largest absolute Gasteiger partial charge is 0.478 e. The molecule has 0 atom stereocenters. The van der Waals surface area contributed by atoms with Gasteiger partial charge in [-0.05, 0) is 6.07 Å². The van der Waals surface area contributed by atoms with Gasteiger partial charge in [0.15, 0.2) is 0 Å². The van der Waals surface area contributed by atoms with E-state index in [0.717, 1.165) is 11.4 Å². The number of carboxylic acid groups (broad SMARTS) is 1. The number of hydrogen-bond donors (Lipinski definition) is 2. The summed E-state index contributed by atoms with van der Waals surface area (Å²) < 4.78 is 59.0. The third-order valence-corrected chi connectivity index (χ3v) is 4.39. The van der Waals surface area contributed by atoms with E-state index in [1.165, 1.54) is 4.72 Å². The fourth-order valence-electron chi connectivity index (χ4n) is 0.818. The molecule has 0 saturated carbocycles. The summed E-state index contributed by atoms with van der Waals surface area (Å²) in [5, 5.41) is 9.57. The van der Waals surface area contributed by atoms with Crippen molar-refractivity contribution in [2.45, 2.75) is 10.4 Å². The van der Waals surface area contributed by atoms with Gasteiger partial charge in [0.25, 0.3) is 0 Å². The second-order valence-corrected chi connectivity index (χ2v) is 5.80. The van der Waals surface area contributed by atoms with Crippen molar-refractivity contribution in [2.75, 3.05) is 6.54 Å². The van der Waals surface area contributed by atoms with Crippen molar-refractivity contribution in [3.8, 4) is 0 Å². The maximum absolute atomic E-state index is 11.8. The Morgan fingerprint density at radius 2 is 2.06 bits per heavy atom. The molecule has 0 aliphatic heterocycles. The fraction of sp³-hybridized carbons (Fsp3) is 0.286. The Hall–Kier alpha value is -1.13. The van der Waals surface area contributed by atoms with E-state index in [4.69, 9.17) is 5.11 Å². The molecule has 5 nitrogen and oxygen atoms in total. The highest BCUT2D eigenvalue weighted by Gasteiger charge is 2.30. The maximum Gasteiger partial charge on any atom is 0.402 e. The summed E-state index contributed by atoms with van der Waals surface area (Å²) in [4.78, 5) is 10.5. The van der Waals surface area contributed by atoms with Crippen molar-refractivity contribution in [2.24, 2.45) is 0 Å². The summed E-state index contributed by atoms with van der Waals surface area (Å²) in [7, 11) is -4.32. The Balaban J connectivity index is 2.86. The van der Waals surface area contributed by atoms with E-state index in [1.54, 1.807) is 0 Å². The number of rotatable bonds is 4. The maximum atomic E-state index is 11.8. The number of alkyl halides is 3. The van der Waals surface area contributed by atoms with Crippen molar-refractivity contribution in [1.29, 1.82) is 0 Å². The van der Waals surface area contributed by atoms with Crippen LogP contribution in [0.25, 0.3) is 0 Å². The van der Waals surface area contributed by atoms with E-state index in [-0.39, 0.29) is 5.56 Å². The van der Waals surface area contributed by atoms with Crippen molar-refractivity contribution in [1.82, 2.24) is 4.72 Å². The van der Waals surface area contributed by atoms with Gasteiger partial charge in [-0.1, -0.05) is 0 Å². The third kappa shape index (κ3) is 3.98. The van der Waals surface area contributed by atoms with Crippen LogP contribution in [-0.4, -0.2) is 32.2 Å². The Kier molecular flexibility index (Phi) is 3.79. The average molecular weight is 289 g/mol. The molecule has 0 saturated heterocycles. The van der Waals surface area contributed by atoms with Crippen molar-refractivity contribution in [3.05, 3.63) is 17.0 Å². The summed E-state index contributed by atoms with van der Waals surface area (Å²) in [5.41, 5.74) is -0.289. The summed E-state index contributed by atoms with van der Waals surface area (Å²) in [6.45, 7) is -1.70. The van der Waals surface area contributed by atoms with E-state index >= 15 is 0 Å². The smallest absolute Gasteiger partial charge is 0.402 e. The van der Waals surface area contributed by atoms with Crippen molar-refractivity contribution in [3.63, 3.8) is 0 Å². The number of nitrogens with one attached hydrogen (secondary N) is 1. The molecule has 2 N–H and O–H groups in total. The van der Waals surface area contributed by atoms with E-state index in [1.807, 2.05) is 0 Å². The molecule has 0 aliphatic carbocycles. The SMILES string of the molecule is O=C(O)c1csc(S(=O)(=O)NCC(F)(F)F)c1. The average Bonchev–Trinajstić information content (AvgIpc) is 2.63. The minimum absolute atomic E-state index is 0.289. The predicted molar refractivity (Wildman–Crippen MR) is 52.5 cm³/mol. The zero-order chi connectivity index (χ0) is 13.3. The Morgan fingerprint density at radius 1 is 1.47 bits per heavy atom. The van der Waals surface area contributed by atoms with Crippen LogP contribution in [0.3, 0.4) is 0 Å². The lowest BCUT2D eigenvalue weighted by molar-refractivity contribution is -0.121. The van der Waals surface area contributed by atoms with Gasteiger partial charge in [0, 0.05) is 5.38 Å². The van der Waals surface area contributed by atoms with E-state index in [2.05, 4.69) is 0 Å². The second-order valence-electron chi connectivity index (χ2n) is 2.90. The molecule has 10 heteroatoms. The van der Waals surface area contributed by atoms with Gasteiger partial charge in [0.05, 0.1) is 5.56 Å². The molecule has 1 rings (SSSR count). The number of carboxylic acids is 1. The topological polar surface area (TPSA) is 83.5 Å². The summed E-state index contributed by atoms with van der Waals surface area (Å²) >= 11 is 0.537. The molecule has 0 aliphatic rings. The highest BCUT2D eigenvalue weighted by Crippen LogP contribution is 2.21. The molecular formula is C7H6F3NO4S2. The first kappa shape index (κ1) is 13.9. The number of aromatic carboxylic acids is 1. The molecule has 1 aromatic rings. The number of thiophene rings is 1. The minimum Gasteiger partial charge on any atom is -0.478 e. The molecule has 1 heterocycles. The van der Waals surface area contributed by atoms with Crippen LogP contribution in [0.4, 0.5) is 13.2 Å². The quantitative estimate of drug-likeness (QED) is 0.874. The zero-order valence-corrected chi connectivity index (χ0v) is 9.62. The highest BCUT2D eigenvalue weighted by molar-refractivity contribution is 7.91. The molecule has 17 heavy (non-hydrogen) atoms. The molecule has 0 aromatic carbocycles. The Labute approximate surface area is 97.9 Å². The van der Waals surface area contributed by atoms with E-state index < -0.39 is 32.9 Å². The van der Waals surface area contributed by atoms with Gasteiger partial charge in [-0.15, -0.1) is 11.3 Å². The number of hydrogen-bond acceptors (Lipinski definition) is 4. The van der Waals surface area contributed by atoms with Gasteiger partial charge < -0.3 is 5.11 Å². The number of sulfonamides is 1. The van der Waals surface area contributed by atoms with E-state index in [0.29, 0.717) is 11.3 Å². The predicted octanol–water partition coefficient (Wildman–Crippen LogP) is 1.29. The summed E-state index contributed by atoms with van der Waals surface area (Å²) in [6, 6.07) is 0.797. The third-order valence-electron chi connectivity index (χ3n) is 1.55. The van der Waals surface area contributed by atoms with Crippen LogP contribution in [0.1, 0.15) is 10.4 Å².